The first kappa shape index (κ1) is 23.4. The fraction of sp³-hybridized carbons (Fsp3) is 0. The summed E-state index contributed by atoms with van der Waals surface area (Å²) in [5.41, 5.74) is 1.35. The number of nitro groups is 2. The van der Waals surface area contributed by atoms with Gasteiger partial charge >= 0.3 is 11.4 Å². The molecule has 174 valence electrons. The van der Waals surface area contributed by atoms with E-state index in [1.807, 2.05) is 12.1 Å². The largest absolute Gasteiger partial charge is 0.450 e. The summed E-state index contributed by atoms with van der Waals surface area (Å²) in [4.78, 5) is 21.4. The fourth-order valence-corrected chi connectivity index (χ4v) is 3.32. The predicted molar refractivity (Wildman–Crippen MR) is 128 cm³/mol. The Labute approximate surface area is 204 Å². The highest BCUT2D eigenvalue weighted by molar-refractivity contribution is 5.65. The normalized spacial score (nSPS) is 10.1. The van der Waals surface area contributed by atoms with Crippen LogP contribution < -0.4 is 9.47 Å². The SMILES string of the molecule is N#Cc1ccc(Oc2ccc(-c3ccc(Oc4ccc(C#N)cc4[N+](=O)[O-])cc3)cc2)c([N+](=O)[O-])c1. The molecule has 10 nitrogen and oxygen atoms in total. The van der Waals surface area contributed by atoms with Crippen molar-refractivity contribution in [2.45, 2.75) is 0 Å². The molecule has 0 heterocycles. The Bertz CT molecular complexity index is 1430. The zero-order valence-corrected chi connectivity index (χ0v) is 18.3. The summed E-state index contributed by atoms with van der Waals surface area (Å²) < 4.78 is 11.3. The van der Waals surface area contributed by atoms with Gasteiger partial charge in [-0.1, -0.05) is 24.3 Å². The summed E-state index contributed by atoms with van der Waals surface area (Å²) in [7, 11) is 0. The fourth-order valence-electron chi connectivity index (χ4n) is 3.32. The summed E-state index contributed by atoms with van der Waals surface area (Å²) in [5.74, 6) is 0.787. The highest BCUT2D eigenvalue weighted by Crippen LogP contribution is 2.35. The van der Waals surface area contributed by atoms with Crippen LogP contribution >= 0.6 is 0 Å². The minimum absolute atomic E-state index is 0.0187. The van der Waals surface area contributed by atoms with E-state index in [2.05, 4.69) is 0 Å². The van der Waals surface area contributed by atoms with Gasteiger partial charge in [-0.3, -0.25) is 20.2 Å². The van der Waals surface area contributed by atoms with Crippen LogP contribution in [0.4, 0.5) is 11.4 Å². The van der Waals surface area contributed by atoms with Crippen molar-refractivity contribution in [2.75, 3.05) is 0 Å². The van der Waals surface area contributed by atoms with Crippen LogP contribution in [-0.2, 0) is 0 Å². The van der Waals surface area contributed by atoms with Gasteiger partial charge in [-0.05, 0) is 59.7 Å². The molecule has 0 saturated heterocycles. The van der Waals surface area contributed by atoms with Crippen LogP contribution in [0.2, 0.25) is 0 Å². The number of rotatable bonds is 7. The van der Waals surface area contributed by atoms with E-state index in [-0.39, 0.29) is 34.0 Å². The second kappa shape index (κ2) is 10.0. The van der Waals surface area contributed by atoms with Crippen LogP contribution in [0.1, 0.15) is 11.1 Å². The molecular formula is C26H14N4O6. The third-order valence-electron chi connectivity index (χ3n) is 5.07. The van der Waals surface area contributed by atoms with Crippen LogP contribution in [0.25, 0.3) is 11.1 Å². The van der Waals surface area contributed by atoms with E-state index in [0.717, 1.165) is 23.3 Å². The average molecular weight is 478 g/mol. The van der Waals surface area contributed by atoms with Crippen LogP contribution in [-0.4, -0.2) is 9.85 Å². The first-order valence-corrected chi connectivity index (χ1v) is 10.3. The lowest BCUT2D eigenvalue weighted by molar-refractivity contribution is -0.385. The van der Waals surface area contributed by atoms with Gasteiger partial charge in [-0.2, -0.15) is 10.5 Å². The van der Waals surface area contributed by atoms with Crippen molar-refractivity contribution in [1.29, 1.82) is 10.5 Å². The lowest BCUT2D eigenvalue weighted by Gasteiger charge is -2.09. The molecule has 0 aromatic heterocycles. The third-order valence-corrected chi connectivity index (χ3v) is 5.07. The molecule has 0 aliphatic heterocycles. The molecule has 0 amide bonds. The molecule has 0 spiro atoms. The van der Waals surface area contributed by atoms with E-state index < -0.39 is 9.85 Å². The maximum Gasteiger partial charge on any atom is 0.312 e. The van der Waals surface area contributed by atoms with Gasteiger partial charge in [0.2, 0.25) is 11.5 Å². The summed E-state index contributed by atoms with van der Waals surface area (Å²) in [6.45, 7) is 0. The van der Waals surface area contributed by atoms with E-state index in [1.54, 1.807) is 48.5 Å². The maximum atomic E-state index is 11.3. The summed E-state index contributed by atoms with van der Waals surface area (Å²) in [5, 5.41) is 40.5. The molecular weight excluding hydrogens is 464 g/mol. The molecule has 10 heteroatoms. The lowest BCUT2D eigenvalue weighted by atomic mass is 10.1. The maximum absolute atomic E-state index is 11.3. The van der Waals surface area contributed by atoms with Crippen LogP contribution in [0, 0.1) is 42.9 Å². The van der Waals surface area contributed by atoms with Gasteiger partial charge in [0, 0.05) is 12.1 Å². The first-order chi connectivity index (χ1) is 17.4. The Morgan fingerprint density at radius 1 is 0.583 bits per heavy atom. The molecule has 36 heavy (non-hydrogen) atoms. The molecule has 0 unspecified atom stereocenters. The number of nitriles is 2. The number of hydrogen-bond acceptors (Lipinski definition) is 8. The third kappa shape index (κ3) is 5.09. The van der Waals surface area contributed by atoms with E-state index >= 15 is 0 Å². The molecule has 0 aliphatic rings. The zero-order chi connectivity index (χ0) is 25.7. The summed E-state index contributed by atoms with van der Waals surface area (Å²) in [6.07, 6.45) is 0. The van der Waals surface area contributed by atoms with Gasteiger partial charge in [-0.25, -0.2) is 0 Å². The smallest absolute Gasteiger partial charge is 0.312 e. The zero-order valence-electron chi connectivity index (χ0n) is 18.3. The molecule has 4 aromatic carbocycles. The number of hydrogen-bond donors (Lipinski definition) is 0. The molecule has 0 fully saturated rings. The number of nitrogens with zero attached hydrogens (tertiary/aromatic N) is 4. The van der Waals surface area contributed by atoms with Gasteiger partial charge in [0.05, 0.1) is 33.1 Å². The van der Waals surface area contributed by atoms with Crippen LogP contribution in [0.5, 0.6) is 23.0 Å². The Hall–Kier alpha value is -5.74. The van der Waals surface area contributed by atoms with E-state index in [0.29, 0.717) is 11.5 Å². The standard InChI is InChI=1S/C26H14N4O6/c27-15-17-1-11-25(23(13-17)29(31)32)35-21-7-3-19(4-8-21)20-5-9-22(10-6-20)36-26-12-2-18(16-28)14-24(26)30(33)34/h1-14H. The molecule has 0 atom stereocenters. The number of benzene rings is 4. The Morgan fingerprint density at radius 2 is 0.944 bits per heavy atom. The van der Waals surface area contributed by atoms with Crippen molar-refractivity contribution in [2.24, 2.45) is 0 Å². The molecule has 4 rings (SSSR count). The van der Waals surface area contributed by atoms with Crippen molar-refractivity contribution >= 4 is 11.4 Å². The highest BCUT2D eigenvalue weighted by atomic mass is 16.6. The molecule has 0 radical (unpaired) electrons. The van der Waals surface area contributed by atoms with Gasteiger partial charge in [-0.15, -0.1) is 0 Å². The molecule has 0 saturated carbocycles. The van der Waals surface area contributed by atoms with Crippen molar-refractivity contribution in [3.63, 3.8) is 0 Å². The van der Waals surface area contributed by atoms with Crippen LogP contribution in [0.3, 0.4) is 0 Å². The van der Waals surface area contributed by atoms with E-state index in [4.69, 9.17) is 20.0 Å². The van der Waals surface area contributed by atoms with Gasteiger partial charge in [0.1, 0.15) is 11.5 Å². The molecule has 4 aromatic rings. The monoisotopic (exact) mass is 478 g/mol. The van der Waals surface area contributed by atoms with E-state index in [1.165, 1.54) is 24.3 Å². The van der Waals surface area contributed by atoms with Crippen molar-refractivity contribution in [3.05, 3.63) is 116 Å². The molecule has 0 N–H and O–H groups in total. The average Bonchev–Trinajstić information content (AvgIpc) is 2.90. The van der Waals surface area contributed by atoms with Crippen molar-refractivity contribution < 1.29 is 19.3 Å². The van der Waals surface area contributed by atoms with Crippen molar-refractivity contribution in [1.82, 2.24) is 0 Å². The highest BCUT2D eigenvalue weighted by Gasteiger charge is 2.18. The van der Waals surface area contributed by atoms with Gasteiger partial charge in [0.25, 0.3) is 0 Å². The number of nitro benzene ring substituents is 2. The lowest BCUT2D eigenvalue weighted by Crippen LogP contribution is -1.94. The molecule has 0 aliphatic carbocycles. The second-order valence-electron chi connectivity index (χ2n) is 7.36. The Kier molecular flexibility index (Phi) is 6.53. The minimum atomic E-state index is -0.610. The predicted octanol–water partition coefficient (Wildman–Crippen LogP) is 6.50. The van der Waals surface area contributed by atoms with Gasteiger partial charge in [0.15, 0.2) is 0 Å². The second-order valence-corrected chi connectivity index (χ2v) is 7.36. The summed E-state index contributed by atoms with van der Waals surface area (Å²) >= 11 is 0. The van der Waals surface area contributed by atoms with Crippen LogP contribution in [0.15, 0.2) is 84.9 Å². The summed E-state index contributed by atoms with van der Waals surface area (Å²) in [6, 6.07) is 25.3. The van der Waals surface area contributed by atoms with Gasteiger partial charge < -0.3 is 9.47 Å². The number of ether oxygens (including phenoxy) is 2. The topological polar surface area (TPSA) is 152 Å². The minimum Gasteiger partial charge on any atom is -0.450 e. The van der Waals surface area contributed by atoms with E-state index in [9.17, 15) is 20.2 Å². The first-order valence-electron chi connectivity index (χ1n) is 10.3. The Morgan fingerprint density at radius 3 is 1.25 bits per heavy atom. The quantitative estimate of drug-likeness (QED) is 0.215. The van der Waals surface area contributed by atoms with Crippen molar-refractivity contribution in [3.8, 4) is 46.3 Å². The molecule has 0 bridgehead atoms. The Balaban J connectivity index is 1.50.